The molecular formula is C13H22BrN3O2S2. The third kappa shape index (κ3) is 4.74. The summed E-state index contributed by atoms with van der Waals surface area (Å²) in [7, 11) is -3.43. The van der Waals surface area contributed by atoms with Crippen molar-refractivity contribution in [3.05, 3.63) is 20.8 Å². The molecule has 120 valence electrons. The monoisotopic (exact) mass is 395 g/mol. The molecule has 1 aromatic rings. The second-order valence-corrected chi connectivity index (χ2v) is 8.65. The molecule has 0 radical (unpaired) electrons. The van der Waals surface area contributed by atoms with Gasteiger partial charge in [-0.1, -0.05) is 13.3 Å². The molecule has 1 atom stereocenters. The summed E-state index contributed by atoms with van der Waals surface area (Å²) in [6.45, 7) is 4.57. The number of nitrogens with one attached hydrogen (secondary N) is 2. The van der Waals surface area contributed by atoms with Gasteiger partial charge in [0, 0.05) is 35.0 Å². The fourth-order valence-corrected chi connectivity index (χ4v) is 5.45. The van der Waals surface area contributed by atoms with Gasteiger partial charge < -0.3 is 5.32 Å². The van der Waals surface area contributed by atoms with Crippen LogP contribution < -0.4 is 10.0 Å². The maximum Gasteiger partial charge on any atom is 0.280 e. The van der Waals surface area contributed by atoms with Crippen molar-refractivity contribution in [2.75, 3.05) is 19.6 Å². The SMILES string of the molecule is CCNCC1CCCCN1S(=O)(=O)NCc1sccc1Br. The predicted molar refractivity (Wildman–Crippen MR) is 90.7 cm³/mol. The minimum atomic E-state index is -3.43. The molecule has 1 aromatic heterocycles. The van der Waals surface area contributed by atoms with E-state index in [4.69, 9.17) is 0 Å². The van der Waals surface area contributed by atoms with Crippen molar-refractivity contribution in [3.8, 4) is 0 Å². The van der Waals surface area contributed by atoms with Gasteiger partial charge in [-0.25, -0.2) is 0 Å². The van der Waals surface area contributed by atoms with E-state index >= 15 is 0 Å². The average molecular weight is 396 g/mol. The van der Waals surface area contributed by atoms with Gasteiger partial charge in [0.25, 0.3) is 10.2 Å². The Bertz CT molecular complexity index is 547. The van der Waals surface area contributed by atoms with Crippen molar-refractivity contribution >= 4 is 37.5 Å². The second kappa shape index (κ2) is 8.03. The van der Waals surface area contributed by atoms with Crippen molar-refractivity contribution in [1.29, 1.82) is 0 Å². The lowest BCUT2D eigenvalue weighted by atomic mass is 10.1. The molecule has 0 aliphatic carbocycles. The van der Waals surface area contributed by atoms with Gasteiger partial charge in [0.15, 0.2) is 0 Å². The summed E-state index contributed by atoms with van der Waals surface area (Å²) in [5, 5.41) is 5.21. The molecule has 1 unspecified atom stereocenters. The normalized spacial score (nSPS) is 20.8. The lowest BCUT2D eigenvalue weighted by Gasteiger charge is -2.34. The second-order valence-electron chi connectivity index (χ2n) is 5.09. The first-order chi connectivity index (χ1) is 10.0. The molecule has 1 aliphatic heterocycles. The molecule has 2 heterocycles. The highest BCUT2D eigenvalue weighted by atomic mass is 79.9. The molecule has 8 heteroatoms. The van der Waals surface area contributed by atoms with E-state index in [1.807, 2.05) is 18.4 Å². The molecule has 2 rings (SSSR count). The van der Waals surface area contributed by atoms with Gasteiger partial charge in [-0.3, -0.25) is 0 Å². The Morgan fingerprint density at radius 1 is 1.48 bits per heavy atom. The molecule has 0 amide bonds. The van der Waals surface area contributed by atoms with Gasteiger partial charge in [-0.15, -0.1) is 11.3 Å². The number of hydrogen-bond donors (Lipinski definition) is 2. The molecule has 0 spiro atoms. The van der Waals surface area contributed by atoms with Gasteiger partial charge >= 0.3 is 0 Å². The largest absolute Gasteiger partial charge is 0.315 e. The Hall–Kier alpha value is 0.01000. The van der Waals surface area contributed by atoms with Crippen LogP contribution in [0.5, 0.6) is 0 Å². The lowest BCUT2D eigenvalue weighted by molar-refractivity contribution is 0.244. The first kappa shape index (κ1) is 17.4. The van der Waals surface area contributed by atoms with Gasteiger partial charge in [0.05, 0.1) is 0 Å². The van der Waals surface area contributed by atoms with E-state index in [-0.39, 0.29) is 6.04 Å². The van der Waals surface area contributed by atoms with Crippen LogP contribution in [0.4, 0.5) is 0 Å². The van der Waals surface area contributed by atoms with E-state index in [0.29, 0.717) is 13.1 Å². The third-order valence-corrected chi connectivity index (χ3v) is 7.15. The Kier molecular flexibility index (Phi) is 6.64. The highest BCUT2D eigenvalue weighted by Gasteiger charge is 2.31. The number of halogens is 1. The van der Waals surface area contributed by atoms with Crippen LogP contribution >= 0.6 is 27.3 Å². The van der Waals surface area contributed by atoms with Crippen molar-refractivity contribution < 1.29 is 8.42 Å². The maximum atomic E-state index is 12.5. The van der Waals surface area contributed by atoms with E-state index in [2.05, 4.69) is 26.0 Å². The zero-order valence-corrected chi connectivity index (χ0v) is 15.4. The number of nitrogens with zero attached hydrogens (tertiary/aromatic N) is 1. The fraction of sp³-hybridized carbons (Fsp3) is 0.692. The van der Waals surface area contributed by atoms with Crippen LogP contribution in [-0.2, 0) is 16.8 Å². The predicted octanol–water partition coefficient (Wildman–Crippen LogP) is 2.31. The minimum absolute atomic E-state index is 0.0583. The molecule has 0 bridgehead atoms. The highest BCUT2D eigenvalue weighted by Crippen LogP contribution is 2.24. The van der Waals surface area contributed by atoms with Crippen molar-refractivity contribution in [1.82, 2.24) is 14.3 Å². The van der Waals surface area contributed by atoms with Crippen LogP contribution in [-0.4, -0.2) is 38.4 Å². The summed E-state index contributed by atoms with van der Waals surface area (Å²) < 4.78 is 30.4. The molecular weight excluding hydrogens is 374 g/mol. The first-order valence-electron chi connectivity index (χ1n) is 7.23. The Morgan fingerprint density at radius 2 is 2.29 bits per heavy atom. The number of hydrogen-bond acceptors (Lipinski definition) is 4. The van der Waals surface area contributed by atoms with Crippen molar-refractivity contribution in [2.45, 2.75) is 38.8 Å². The first-order valence-corrected chi connectivity index (χ1v) is 10.3. The summed E-state index contributed by atoms with van der Waals surface area (Å²) in [5.41, 5.74) is 0. The summed E-state index contributed by atoms with van der Waals surface area (Å²) in [6, 6.07) is 1.99. The van der Waals surface area contributed by atoms with Gasteiger partial charge in [-0.2, -0.15) is 17.4 Å². The minimum Gasteiger partial charge on any atom is -0.315 e. The molecule has 0 aromatic carbocycles. The van der Waals surface area contributed by atoms with E-state index in [9.17, 15) is 8.42 Å². The van der Waals surface area contributed by atoms with Crippen LogP contribution in [0.2, 0.25) is 0 Å². The quantitative estimate of drug-likeness (QED) is 0.744. The van der Waals surface area contributed by atoms with Crippen LogP contribution in [0.3, 0.4) is 0 Å². The van der Waals surface area contributed by atoms with E-state index in [1.165, 1.54) is 0 Å². The Labute approximate surface area is 139 Å². The summed E-state index contributed by atoms with van der Waals surface area (Å²) in [5.74, 6) is 0. The summed E-state index contributed by atoms with van der Waals surface area (Å²) in [4.78, 5) is 0.999. The number of thiophene rings is 1. The van der Waals surface area contributed by atoms with Gasteiger partial charge in [-0.05, 0) is 46.8 Å². The molecule has 1 aliphatic rings. The van der Waals surface area contributed by atoms with Gasteiger partial charge in [0.1, 0.15) is 0 Å². The standard InChI is InChI=1S/C13H22BrN3O2S2/c1-2-15-9-11-5-3-4-7-17(11)21(18,19)16-10-13-12(14)6-8-20-13/h6,8,11,15-16H,2-5,7,9-10H2,1H3. The molecule has 0 saturated carbocycles. The summed E-state index contributed by atoms with van der Waals surface area (Å²) >= 11 is 4.97. The lowest BCUT2D eigenvalue weighted by Crippen LogP contribution is -2.52. The third-order valence-electron chi connectivity index (χ3n) is 3.62. The highest BCUT2D eigenvalue weighted by molar-refractivity contribution is 9.10. The van der Waals surface area contributed by atoms with E-state index in [0.717, 1.165) is 41.7 Å². The molecule has 5 nitrogen and oxygen atoms in total. The average Bonchev–Trinajstić information content (AvgIpc) is 2.89. The molecule has 2 N–H and O–H groups in total. The van der Waals surface area contributed by atoms with Crippen molar-refractivity contribution in [2.24, 2.45) is 0 Å². The molecule has 1 fully saturated rings. The smallest absolute Gasteiger partial charge is 0.280 e. The fourth-order valence-electron chi connectivity index (χ4n) is 2.50. The zero-order valence-electron chi connectivity index (χ0n) is 12.1. The number of likely N-dealkylation sites (N-methyl/N-ethyl adjacent to an activating group) is 1. The van der Waals surface area contributed by atoms with Crippen LogP contribution in [0.15, 0.2) is 15.9 Å². The molecule has 21 heavy (non-hydrogen) atoms. The maximum absolute atomic E-state index is 12.5. The number of piperidine rings is 1. The summed E-state index contributed by atoms with van der Waals surface area (Å²) in [6.07, 6.45) is 2.96. The van der Waals surface area contributed by atoms with Crippen LogP contribution in [0.1, 0.15) is 31.1 Å². The van der Waals surface area contributed by atoms with Crippen LogP contribution in [0.25, 0.3) is 0 Å². The van der Waals surface area contributed by atoms with Gasteiger partial charge in [0.2, 0.25) is 0 Å². The number of rotatable bonds is 7. The molecule has 1 saturated heterocycles. The Morgan fingerprint density at radius 3 is 2.95 bits per heavy atom. The van der Waals surface area contributed by atoms with Crippen molar-refractivity contribution in [3.63, 3.8) is 0 Å². The Balaban J connectivity index is 2.00. The topological polar surface area (TPSA) is 61.4 Å². The zero-order chi connectivity index (χ0) is 15.3. The van der Waals surface area contributed by atoms with E-state index in [1.54, 1.807) is 15.6 Å². The van der Waals surface area contributed by atoms with E-state index < -0.39 is 10.2 Å². The van der Waals surface area contributed by atoms with Crippen LogP contribution in [0, 0.1) is 0 Å².